The lowest BCUT2D eigenvalue weighted by Gasteiger charge is -2.05. The molecule has 0 saturated carbocycles. The van der Waals surface area contributed by atoms with Crippen molar-refractivity contribution in [1.29, 1.82) is 0 Å². The van der Waals surface area contributed by atoms with Gasteiger partial charge >= 0.3 is 0 Å². The number of nitrogens with two attached hydrogens (primary N) is 1. The third kappa shape index (κ3) is 3.08. The monoisotopic (exact) mass is 250 g/mol. The Balaban J connectivity index is 1.99. The number of anilines is 2. The predicted molar refractivity (Wildman–Crippen MR) is 71.8 cm³/mol. The summed E-state index contributed by atoms with van der Waals surface area (Å²) in [7, 11) is 0. The van der Waals surface area contributed by atoms with Gasteiger partial charge in [0, 0.05) is 21.3 Å². The van der Waals surface area contributed by atoms with Crippen molar-refractivity contribution in [1.82, 2.24) is 0 Å². The second kappa shape index (κ2) is 5.14. The molecule has 0 fully saturated rings. The lowest BCUT2D eigenvalue weighted by atomic mass is 10.3. The first-order valence-corrected chi connectivity index (χ1v) is 5.97. The fraction of sp³-hybridized carbons (Fsp3) is 0. The van der Waals surface area contributed by atoms with E-state index in [0.29, 0.717) is 0 Å². The van der Waals surface area contributed by atoms with Crippen molar-refractivity contribution in [3.05, 3.63) is 53.6 Å². The fourth-order valence-corrected chi connectivity index (χ4v) is 1.98. The quantitative estimate of drug-likeness (QED) is 0.638. The Morgan fingerprint density at radius 3 is 2.50 bits per heavy atom. The van der Waals surface area contributed by atoms with Crippen LogP contribution in [0.3, 0.4) is 0 Å². The van der Waals surface area contributed by atoms with Crippen molar-refractivity contribution in [2.24, 2.45) is 0 Å². The minimum atomic E-state index is 0.744. The second-order valence-electron chi connectivity index (χ2n) is 3.28. The Morgan fingerprint density at radius 2 is 1.81 bits per heavy atom. The van der Waals surface area contributed by atoms with Crippen molar-refractivity contribution >= 4 is 34.9 Å². The Kier molecular flexibility index (Phi) is 3.59. The third-order valence-electron chi connectivity index (χ3n) is 1.99. The first-order chi connectivity index (χ1) is 7.74. The molecule has 82 valence electrons. The molecule has 16 heavy (non-hydrogen) atoms. The Labute approximate surface area is 104 Å². The summed E-state index contributed by atoms with van der Waals surface area (Å²) in [5.41, 5.74) is 7.42. The van der Waals surface area contributed by atoms with Crippen LogP contribution in [0.2, 0.25) is 5.02 Å². The van der Waals surface area contributed by atoms with E-state index < -0.39 is 0 Å². The molecule has 0 unspecified atom stereocenters. The van der Waals surface area contributed by atoms with Gasteiger partial charge in [0.25, 0.3) is 0 Å². The van der Waals surface area contributed by atoms with Crippen molar-refractivity contribution < 1.29 is 0 Å². The number of nitrogen functional groups attached to an aromatic ring is 1. The van der Waals surface area contributed by atoms with E-state index >= 15 is 0 Å². The van der Waals surface area contributed by atoms with Crippen LogP contribution in [-0.4, -0.2) is 0 Å². The molecule has 0 heterocycles. The zero-order valence-corrected chi connectivity index (χ0v) is 10.1. The molecule has 0 saturated heterocycles. The molecule has 0 amide bonds. The zero-order chi connectivity index (χ0) is 11.4. The van der Waals surface area contributed by atoms with Gasteiger partial charge in [-0.1, -0.05) is 17.7 Å². The molecule has 2 rings (SSSR count). The molecule has 2 nitrogen and oxygen atoms in total. The van der Waals surface area contributed by atoms with Crippen LogP contribution in [0.5, 0.6) is 0 Å². The third-order valence-corrected chi connectivity index (χ3v) is 3.08. The van der Waals surface area contributed by atoms with Gasteiger partial charge in [-0.15, -0.1) is 0 Å². The van der Waals surface area contributed by atoms with E-state index in [1.165, 1.54) is 11.9 Å². The summed E-state index contributed by atoms with van der Waals surface area (Å²) in [6, 6.07) is 15.3. The summed E-state index contributed by atoms with van der Waals surface area (Å²) in [5.74, 6) is 0. The van der Waals surface area contributed by atoms with E-state index in [1.807, 2.05) is 48.5 Å². The van der Waals surface area contributed by atoms with Crippen molar-refractivity contribution in [2.45, 2.75) is 4.90 Å². The van der Waals surface area contributed by atoms with Gasteiger partial charge in [-0.25, -0.2) is 0 Å². The Hall–Kier alpha value is -1.32. The summed E-state index contributed by atoms with van der Waals surface area (Å²) in [6.07, 6.45) is 0. The molecule has 0 bridgehead atoms. The predicted octanol–water partition coefficient (Wildman–Crippen LogP) is 4.04. The summed E-state index contributed by atoms with van der Waals surface area (Å²) < 4.78 is 3.21. The van der Waals surface area contributed by atoms with Gasteiger partial charge in [-0.2, -0.15) is 0 Å². The molecule has 3 N–H and O–H groups in total. The minimum absolute atomic E-state index is 0.744. The van der Waals surface area contributed by atoms with Crippen LogP contribution in [0.25, 0.3) is 0 Å². The van der Waals surface area contributed by atoms with Crippen LogP contribution >= 0.6 is 23.5 Å². The van der Waals surface area contributed by atoms with Crippen LogP contribution in [0.1, 0.15) is 0 Å². The van der Waals surface area contributed by atoms with Gasteiger partial charge in [0.2, 0.25) is 0 Å². The first kappa shape index (κ1) is 11.2. The fourth-order valence-electron chi connectivity index (χ4n) is 1.22. The van der Waals surface area contributed by atoms with Gasteiger partial charge in [0.15, 0.2) is 0 Å². The van der Waals surface area contributed by atoms with Gasteiger partial charge in [0.1, 0.15) is 0 Å². The molecule has 2 aromatic carbocycles. The van der Waals surface area contributed by atoms with E-state index in [1.54, 1.807) is 0 Å². The molecule has 0 spiro atoms. The Morgan fingerprint density at radius 1 is 1.06 bits per heavy atom. The number of hydrogen-bond acceptors (Lipinski definition) is 3. The lowest BCUT2D eigenvalue weighted by Crippen LogP contribution is -1.89. The van der Waals surface area contributed by atoms with E-state index in [4.69, 9.17) is 17.3 Å². The smallest absolute Gasteiger partial charge is 0.0463 e. The van der Waals surface area contributed by atoms with Crippen molar-refractivity contribution in [3.63, 3.8) is 0 Å². The van der Waals surface area contributed by atoms with E-state index in [9.17, 15) is 0 Å². The van der Waals surface area contributed by atoms with Crippen LogP contribution < -0.4 is 10.5 Å². The van der Waals surface area contributed by atoms with Crippen LogP contribution in [0.15, 0.2) is 53.4 Å². The maximum atomic E-state index is 5.80. The van der Waals surface area contributed by atoms with Gasteiger partial charge < -0.3 is 10.5 Å². The number of halogens is 1. The molecular formula is C12H11ClN2S. The average Bonchev–Trinajstić information content (AvgIpc) is 2.28. The van der Waals surface area contributed by atoms with Crippen molar-refractivity contribution in [3.8, 4) is 0 Å². The molecule has 0 aliphatic rings. The standard InChI is InChI=1S/C12H11ClN2S/c13-9-4-6-12(7-5-9)16-15-11-3-1-2-10(14)8-11/h1-8,15H,14H2. The van der Waals surface area contributed by atoms with Gasteiger partial charge in [-0.05, 0) is 54.4 Å². The van der Waals surface area contributed by atoms with E-state index in [-0.39, 0.29) is 0 Å². The van der Waals surface area contributed by atoms with Gasteiger partial charge in [-0.3, -0.25) is 0 Å². The number of rotatable bonds is 3. The SMILES string of the molecule is Nc1cccc(NSc2ccc(Cl)cc2)c1. The molecule has 0 aromatic heterocycles. The minimum Gasteiger partial charge on any atom is -0.399 e. The summed E-state index contributed by atoms with van der Waals surface area (Å²) in [6.45, 7) is 0. The van der Waals surface area contributed by atoms with Crippen LogP contribution in [0.4, 0.5) is 11.4 Å². The first-order valence-electron chi connectivity index (χ1n) is 4.78. The molecule has 0 atom stereocenters. The van der Waals surface area contributed by atoms with E-state index in [2.05, 4.69) is 4.72 Å². The zero-order valence-electron chi connectivity index (χ0n) is 8.48. The lowest BCUT2D eigenvalue weighted by molar-refractivity contribution is 1.46. The summed E-state index contributed by atoms with van der Waals surface area (Å²) in [5, 5.41) is 0.744. The number of nitrogens with one attached hydrogen (secondary N) is 1. The van der Waals surface area contributed by atoms with Crippen LogP contribution in [-0.2, 0) is 0 Å². The summed E-state index contributed by atoms with van der Waals surface area (Å²) in [4.78, 5) is 1.10. The highest BCUT2D eigenvalue weighted by Gasteiger charge is 1.95. The highest BCUT2D eigenvalue weighted by molar-refractivity contribution is 8.00. The molecule has 0 radical (unpaired) electrons. The van der Waals surface area contributed by atoms with E-state index in [0.717, 1.165) is 21.3 Å². The van der Waals surface area contributed by atoms with Crippen LogP contribution in [0, 0.1) is 0 Å². The van der Waals surface area contributed by atoms with Crippen molar-refractivity contribution in [2.75, 3.05) is 10.5 Å². The summed E-state index contributed by atoms with van der Waals surface area (Å²) >= 11 is 7.33. The topological polar surface area (TPSA) is 38.0 Å². The highest BCUT2D eigenvalue weighted by atomic mass is 35.5. The molecule has 0 aliphatic heterocycles. The highest BCUT2D eigenvalue weighted by Crippen LogP contribution is 2.23. The largest absolute Gasteiger partial charge is 0.399 e. The molecule has 4 heteroatoms. The molecular weight excluding hydrogens is 240 g/mol. The number of benzene rings is 2. The molecule has 0 aliphatic carbocycles. The maximum absolute atomic E-state index is 5.80. The van der Waals surface area contributed by atoms with Gasteiger partial charge in [0.05, 0.1) is 0 Å². The normalized spacial score (nSPS) is 10.1. The Bertz CT molecular complexity index is 471. The molecule has 2 aromatic rings. The number of hydrogen-bond donors (Lipinski definition) is 2. The maximum Gasteiger partial charge on any atom is 0.0463 e. The second-order valence-corrected chi connectivity index (χ2v) is 4.60. The average molecular weight is 251 g/mol.